The molecule has 0 spiro atoms. The number of amides is 1. The molecule has 0 aromatic heterocycles. The van der Waals surface area contributed by atoms with Crippen LogP contribution in [0.5, 0.6) is 5.75 Å². The molecule has 2 aromatic rings. The molecule has 0 bridgehead atoms. The number of anilines is 1. The molecular formula is C18H20ClNO2. The summed E-state index contributed by atoms with van der Waals surface area (Å²) >= 11 is 6.06. The van der Waals surface area contributed by atoms with E-state index >= 15 is 0 Å². The molecule has 2 rings (SSSR count). The molecule has 0 unspecified atom stereocenters. The second-order valence-electron chi connectivity index (χ2n) is 5.16. The van der Waals surface area contributed by atoms with Crippen LogP contribution in [0.4, 0.5) is 5.69 Å². The van der Waals surface area contributed by atoms with Gasteiger partial charge in [-0.05, 0) is 55.7 Å². The molecular weight excluding hydrogens is 298 g/mol. The first kappa shape index (κ1) is 16.4. The molecule has 0 aliphatic heterocycles. The number of halogens is 1. The zero-order chi connectivity index (χ0) is 15.9. The van der Waals surface area contributed by atoms with Gasteiger partial charge < -0.3 is 10.1 Å². The Morgan fingerprint density at radius 2 is 1.82 bits per heavy atom. The summed E-state index contributed by atoms with van der Waals surface area (Å²) in [6, 6.07) is 13.1. The Bertz CT molecular complexity index is 641. The number of hydrogen-bond acceptors (Lipinski definition) is 2. The van der Waals surface area contributed by atoms with E-state index in [2.05, 4.69) is 5.32 Å². The molecule has 0 aliphatic rings. The lowest BCUT2D eigenvalue weighted by molar-refractivity contribution is -0.116. The molecule has 0 saturated carbocycles. The molecule has 0 heterocycles. The fourth-order valence-electron chi connectivity index (χ4n) is 2.08. The second-order valence-corrected chi connectivity index (χ2v) is 5.57. The average Bonchev–Trinajstić information content (AvgIpc) is 2.52. The van der Waals surface area contributed by atoms with E-state index in [0.717, 1.165) is 27.6 Å². The van der Waals surface area contributed by atoms with E-state index in [0.29, 0.717) is 19.4 Å². The van der Waals surface area contributed by atoms with E-state index in [1.165, 1.54) is 0 Å². The molecule has 2 aromatic carbocycles. The summed E-state index contributed by atoms with van der Waals surface area (Å²) in [6.07, 6.45) is 1.10. The number of nitrogens with one attached hydrogen (secondary N) is 1. The Kier molecular flexibility index (Phi) is 5.84. The highest BCUT2D eigenvalue weighted by Crippen LogP contribution is 2.27. The van der Waals surface area contributed by atoms with Crippen LogP contribution in [0.15, 0.2) is 42.5 Å². The molecule has 3 nitrogen and oxygen atoms in total. The maximum atomic E-state index is 11.8. The lowest BCUT2D eigenvalue weighted by Crippen LogP contribution is -2.12. The third-order valence-electron chi connectivity index (χ3n) is 3.53. The van der Waals surface area contributed by atoms with Gasteiger partial charge in [0.1, 0.15) is 5.75 Å². The van der Waals surface area contributed by atoms with Gasteiger partial charge in [0, 0.05) is 17.1 Å². The van der Waals surface area contributed by atoms with Gasteiger partial charge in [-0.25, -0.2) is 0 Å². The van der Waals surface area contributed by atoms with Crippen LogP contribution in [-0.2, 0) is 4.79 Å². The normalized spacial score (nSPS) is 10.3. The fourth-order valence-corrected chi connectivity index (χ4v) is 2.28. The zero-order valence-corrected chi connectivity index (χ0v) is 13.6. The van der Waals surface area contributed by atoms with E-state index in [1.807, 2.05) is 56.3 Å². The highest BCUT2D eigenvalue weighted by atomic mass is 35.5. The SMILES string of the molecule is Cc1c(Cl)ccc(OCCCC(=O)Nc2ccccc2)c1C. The zero-order valence-electron chi connectivity index (χ0n) is 12.9. The predicted molar refractivity (Wildman–Crippen MR) is 90.7 cm³/mol. The molecule has 0 atom stereocenters. The minimum absolute atomic E-state index is 0.00110. The molecule has 0 aliphatic carbocycles. The van der Waals surface area contributed by atoms with Crippen LogP contribution in [-0.4, -0.2) is 12.5 Å². The van der Waals surface area contributed by atoms with Crippen molar-refractivity contribution in [2.24, 2.45) is 0 Å². The number of ether oxygens (including phenoxy) is 1. The van der Waals surface area contributed by atoms with Crippen molar-refractivity contribution in [1.82, 2.24) is 0 Å². The third kappa shape index (κ3) is 4.50. The van der Waals surface area contributed by atoms with Crippen molar-refractivity contribution in [3.63, 3.8) is 0 Å². The molecule has 0 fully saturated rings. The largest absolute Gasteiger partial charge is 0.493 e. The number of carbonyl (C=O) groups excluding carboxylic acids is 1. The Morgan fingerprint density at radius 3 is 2.55 bits per heavy atom. The summed E-state index contributed by atoms with van der Waals surface area (Å²) in [7, 11) is 0. The smallest absolute Gasteiger partial charge is 0.224 e. The fraction of sp³-hybridized carbons (Fsp3) is 0.278. The molecule has 116 valence electrons. The predicted octanol–water partition coefficient (Wildman–Crippen LogP) is 4.75. The minimum atomic E-state index is -0.00110. The molecule has 1 amide bonds. The van der Waals surface area contributed by atoms with Crippen molar-refractivity contribution in [3.05, 3.63) is 58.6 Å². The van der Waals surface area contributed by atoms with Gasteiger partial charge >= 0.3 is 0 Å². The van der Waals surface area contributed by atoms with Gasteiger partial charge in [-0.1, -0.05) is 29.8 Å². The lowest BCUT2D eigenvalue weighted by atomic mass is 10.1. The minimum Gasteiger partial charge on any atom is -0.493 e. The van der Waals surface area contributed by atoms with Crippen molar-refractivity contribution < 1.29 is 9.53 Å². The van der Waals surface area contributed by atoms with Crippen LogP contribution in [0.2, 0.25) is 5.02 Å². The monoisotopic (exact) mass is 317 g/mol. The first-order valence-corrected chi connectivity index (χ1v) is 7.69. The maximum absolute atomic E-state index is 11.8. The van der Waals surface area contributed by atoms with Crippen LogP contribution in [0.1, 0.15) is 24.0 Å². The average molecular weight is 318 g/mol. The summed E-state index contributed by atoms with van der Waals surface area (Å²) in [5, 5.41) is 3.60. The third-order valence-corrected chi connectivity index (χ3v) is 3.94. The number of rotatable bonds is 6. The van der Waals surface area contributed by atoms with Crippen LogP contribution in [0, 0.1) is 13.8 Å². The lowest BCUT2D eigenvalue weighted by Gasteiger charge is -2.12. The van der Waals surface area contributed by atoms with Crippen LogP contribution in [0.25, 0.3) is 0 Å². The van der Waals surface area contributed by atoms with Gasteiger partial charge in [0.15, 0.2) is 0 Å². The standard InChI is InChI=1S/C18H20ClNO2/c1-13-14(2)17(11-10-16(13)19)22-12-6-9-18(21)20-15-7-4-3-5-8-15/h3-5,7-8,10-11H,6,9,12H2,1-2H3,(H,20,21). The van der Waals surface area contributed by atoms with Crippen LogP contribution in [0.3, 0.4) is 0 Å². The Labute approximate surface area is 136 Å². The van der Waals surface area contributed by atoms with Crippen molar-refractivity contribution in [2.45, 2.75) is 26.7 Å². The van der Waals surface area contributed by atoms with Crippen molar-refractivity contribution >= 4 is 23.2 Å². The highest BCUT2D eigenvalue weighted by Gasteiger charge is 2.07. The van der Waals surface area contributed by atoms with Gasteiger partial charge in [-0.2, -0.15) is 0 Å². The molecule has 4 heteroatoms. The molecule has 0 saturated heterocycles. The van der Waals surface area contributed by atoms with E-state index in [1.54, 1.807) is 0 Å². The van der Waals surface area contributed by atoms with Crippen LogP contribution >= 0.6 is 11.6 Å². The van der Waals surface area contributed by atoms with E-state index < -0.39 is 0 Å². The number of para-hydroxylation sites is 1. The van der Waals surface area contributed by atoms with E-state index in [4.69, 9.17) is 16.3 Å². The summed E-state index contributed by atoms with van der Waals surface area (Å²) in [5.41, 5.74) is 2.89. The van der Waals surface area contributed by atoms with E-state index in [9.17, 15) is 4.79 Å². The summed E-state index contributed by atoms with van der Waals surface area (Å²) in [4.78, 5) is 11.8. The molecule has 0 radical (unpaired) electrons. The van der Waals surface area contributed by atoms with Gasteiger partial charge in [0.25, 0.3) is 0 Å². The first-order valence-electron chi connectivity index (χ1n) is 7.31. The number of hydrogen-bond donors (Lipinski definition) is 1. The van der Waals surface area contributed by atoms with Crippen molar-refractivity contribution in [3.8, 4) is 5.75 Å². The summed E-state index contributed by atoms with van der Waals surface area (Å²) < 4.78 is 5.73. The summed E-state index contributed by atoms with van der Waals surface area (Å²) in [5.74, 6) is 0.823. The quantitative estimate of drug-likeness (QED) is 0.780. The molecule has 22 heavy (non-hydrogen) atoms. The van der Waals surface area contributed by atoms with Gasteiger partial charge in [0.05, 0.1) is 6.61 Å². The first-order chi connectivity index (χ1) is 10.6. The van der Waals surface area contributed by atoms with Crippen molar-refractivity contribution in [2.75, 3.05) is 11.9 Å². The summed E-state index contributed by atoms with van der Waals surface area (Å²) in [6.45, 7) is 4.46. The maximum Gasteiger partial charge on any atom is 0.224 e. The Morgan fingerprint density at radius 1 is 1.09 bits per heavy atom. The Hall–Kier alpha value is -2.00. The number of benzene rings is 2. The molecule has 1 N–H and O–H groups in total. The van der Waals surface area contributed by atoms with Gasteiger partial charge in [-0.15, -0.1) is 0 Å². The van der Waals surface area contributed by atoms with Crippen LogP contribution < -0.4 is 10.1 Å². The van der Waals surface area contributed by atoms with Gasteiger partial charge in [-0.3, -0.25) is 4.79 Å². The highest BCUT2D eigenvalue weighted by molar-refractivity contribution is 6.31. The van der Waals surface area contributed by atoms with Gasteiger partial charge in [0.2, 0.25) is 5.91 Å². The topological polar surface area (TPSA) is 38.3 Å². The van der Waals surface area contributed by atoms with Crippen molar-refractivity contribution in [1.29, 1.82) is 0 Å². The second kappa shape index (κ2) is 7.85. The Balaban J connectivity index is 1.75. The number of carbonyl (C=O) groups is 1. The van der Waals surface area contributed by atoms with E-state index in [-0.39, 0.29) is 5.91 Å².